The van der Waals surface area contributed by atoms with E-state index < -0.39 is 32.5 Å². The lowest BCUT2D eigenvalue weighted by Crippen LogP contribution is -2.37. The molecule has 10 heteroatoms. The number of rotatable bonds is 36. The van der Waals surface area contributed by atoms with Gasteiger partial charge in [0.1, 0.15) is 19.8 Å². The Hall–Kier alpha value is -2.29. The Morgan fingerprint density at radius 1 is 0.604 bits per heavy atom. The summed E-state index contributed by atoms with van der Waals surface area (Å²) in [6, 6.07) is 0. The molecular formula is C43H77NO8P+. The third-order valence-electron chi connectivity index (χ3n) is 8.28. The molecule has 0 aromatic heterocycles. The molecular weight excluding hydrogens is 689 g/mol. The Balaban J connectivity index is 4.50. The number of unbranched alkanes of at least 4 members (excludes halogenated alkanes) is 12. The monoisotopic (exact) mass is 767 g/mol. The van der Waals surface area contributed by atoms with Gasteiger partial charge < -0.3 is 18.9 Å². The van der Waals surface area contributed by atoms with E-state index in [1.165, 1.54) is 38.5 Å². The first-order chi connectivity index (χ1) is 25.5. The van der Waals surface area contributed by atoms with Crippen LogP contribution >= 0.6 is 7.82 Å². The summed E-state index contributed by atoms with van der Waals surface area (Å²) in [4.78, 5) is 35.2. The minimum atomic E-state index is -4.39. The summed E-state index contributed by atoms with van der Waals surface area (Å²) < 4.78 is 34.2. The van der Waals surface area contributed by atoms with Gasteiger partial charge in [0.25, 0.3) is 0 Å². The molecule has 9 nitrogen and oxygen atoms in total. The van der Waals surface area contributed by atoms with Crippen LogP contribution in [-0.4, -0.2) is 74.9 Å². The van der Waals surface area contributed by atoms with Crippen molar-refractivity contribution in [2.75, 3.05) is 47.5 Å². The molecule has 0 aromatic carbocycles. The van der Waals surface area contributed by atoms with Crippen molar-refractivity contribution < 1.29 is 42.1 Å². The maximum atomic E-state index is 12.6. The molecule has 1 unspecified atom stereocenters. The van der Waals surface area contributed by atoms with E-state index in [0.29, 0.717) is 17.4 Å². The number of allylic oxidation sites excluding steroid dienone is 10. The maximum absolute atomic E-state index is 12.6. The van der Waals surface area contributed by atoms with Gasteiger partial charge in [-0.15, -0.1) is 0 Å². The number of phosphoric acid groups is 1. The van der Waals surface area contributed by atoms with E-state index in [1.807, 2.05) is 21.1 Å². The molecule has 0 saturated heterocycles. The summed E-state index contributed by atoms with van der Waals surface area (Å²) in [5, 5.41) is 0. The molecule has 0 aromatic rings. The zero-order valence-electron chi connectivity index (χ0n) is 34.2. The summed E-state index contributed by atoms with van der Waals surface area (Å²) >= 11 is 0. The zero-order valence-corrected chi connectivity index (χ0v) is 35.1. The summed E-state index contributed by atoms with van der Waals surface area (Å²) in [5.74, 6) is -0.863. The van der Waals surface area contributed by atoms with Crippen LogP contribution in [0.5, 0.6) is 0 Å². The highest BCUT2D eigenvalue weighted by molar-refractivity contribution is 7.47. The second-order valence-corrected chi connectivity index (χ2v) is 16.1. The second kappa shape index (κ2) is 35.4. The molecule has 2 atom stereocenters. The first-order valence-corrected chi connectivity index (χ1v) is 22.0. The average molecular weight is 767 g/mol. The van der Waals surface area contributed by atoms with Crippen LogP contribution in [0.4, 0.5) is 0 Å². The van der Waals surface area contributed by atoms with Crippen molar-refractivity contribution in [3.8, 4) is 0 Å². The Bertz CT molecular complexity index is 1090. The van der Waals surface area contributed by atoms with E-state index in [1.54, 1.807) is 0 Å². The first kappa shape index (κ1) is 50.7. The van der Waals surface area contributed by atoms with Crippen molar-refractivity contribution in [2.45, 2.75) is 155 Å². The van der Waals surface area contributed by atoms with Crippen LogP contribution in [0.25, 0.3) is 0 Å². The Kier molecular flexibility index (Phi) is 33.9. The molecule has 0 amide bonds. The fraction of sp³-hybridized carbons (Fsp3) is 0.721. The highest BCUT2D eigenvalue weighted by atomic mass is 31.2. The Labute approximate surface area is 324 Å². The van der Waals surface area contributed by atoms with Gasteiger partial charge >= 0.3 is 19.8 Å². The molecule has 0 aliphatic heterocycles. The third kappa shape index (κ3) is 39.2. The summed E-state index contributed by atoms with van der Waals surface area (Å²) in [6.45, 7) is 4.21. The normalized spacial score (nSPS) is 14.3. The smallest absolute Gasteiger partial charge is 0.462 e. The molecule has 1 N–H and O–H groups in total. The van der Waals surface area contributed by atoms with Crippen molar-refractivity contribution in [2.24, 2.45) is 0 Å². The number of phosphoric ester groups is 1. The van der Waals surface area contributed by atoms with E-state index in [2.05, 4.69) is 74.6 Å². The van der Waals surface area contributed by atoms with E-state index in [-0.39, 0.29) is 26.1 Å². The standard InChI is InChI=1S/C43H76NO8P/c1-6-8-10-12-14-16-18-20-22-24-26-28-30-32-34-36-43(46)52-41(40-51-53(47,48)50-38-37-44(3,4)5)39-49-42(45)35-33-31-29-27-25-23-21-19-17-15-13-11-9-7-2/h8,10,14,16,19-22,26,28,41H,6-7,9,11-13,15,17-18,23-25,27,29-40H2,1-5H3/p+1/b10-8+,16-14+,21-19+,22-20+,28-26+/t41-/m1/s1. The molecule has 0 aliphatic carbocycles. The first-order valence-electron chi connectivity index (χ1n) is 20.5. The molecule has 0 heterocycles. The highest BCUT2D eigenvalue weighted by Gasteiger charge is 2.27. The summed E-state index contributed by atoms with van der Waals surface area (Å²) in [7, 11) is 1.43. The van der Waals surface area contributed by atoms with Gasteiger partial charge in [-0.25, -0.2) is 4.57 Å². The Morgan fingerprint density at radius 3 is 1.66 bits per heavy atom. The van der Waals surface area contributed by atoms with Crippen LogP contribution < -0.4 is 0 Å². The van der Waals surface area contributed by atoms with Gasteiger partial charge in [0, 0.05) is 12.8 Å². The SMILES string of the molecule is CC/C=C/C/C=C/C/C=C/C/C=C/CCCCC(=O)O[C@H](COC(=O)CCCCCCC/C=C/CCCCCCC)COP(=O)(O)OCC[N+](C)(C)C. The summed E-state index contributed by atoms with van der Waals surface area (Å²) in [5.41, 5.74) is 0. The van der Waals surface area contributed by atoms with Gasteiger partial charge in [0.2, 0.25) is 0 Å². The minimum Gasteiger partial charge on any atom is -0.462 e. The van der Waals surface area contributed by atoms with Crippen molar-refractivity contribution in [1.29, 1.82) is 0 Å². The lowest BCUT2D eigenvalue weighted by molar-refractivity contribution is -0.870. The van der Waals surface area contributed by atoms with Crippen LogP contribution in [0.15, 0.2) is 60.8 Å². The molecule has 0 fully saturated rings. The molecule has 0 spiro atoms. The molecule has 0 saturated carbocycles. The van der Waals surface area contributed by atoms with Crippen LogP contribution in [0.2, 0.25) is 0 Å². The number of esters is 2. The molecule has 53 heavy (non-hydrogen) atoms. The molecule has 0 rings (SSSR count). The number of quaternary nitrogens is 1. The predicted octanol–water partition coefficient (Wildman–Crippen LogP) is 11.3. The van der Waals surface area contributed by atoms with Crippen LogP contribution in [0, 0.1) is 0 Å². The van der Waals surface area contributed by atoms with Gasteiger partial charge in [-0.3, -0.25) is 18.6 Å². The largest absolute Gasteiger partial charge is 0.472 e. The van der Waals surface area contributed by atoms with Gasteiger partial charge in [0.05, 0.1) is 27.7 Å². The fourth-order valence-corrected chi connectivity index (χ4v) is 5.80. The molecule has 0 bridgehead atoms. The topological polar surface area (TPSA) is 108 Å². The number of carbonyl (C=O) groups excluding carboxylic acids is 2. The van der Waals surface area contributed by atoms with Crippen molar-refractivity contribution in [1.82, 2.24) is 0 Å². The number of nitrogens with zero attached hydrogens (tertiary/aromatic N) is 1. The van der Waals surface area contributed by atoms with Gasteiger partial charge in [0.15, 0.2) is 6.10 Å². The Morgan fingerprint density at radius 2 is 1.08 bits per heavy atom. The van der Waals surface area contributed by atoms with E-state index >= 15 is 0 Å². The highest BCUT2D eigenvalue weighted by Crippen LogP contribution is 2.43. The van der Waals surface area contributed by atoms with E-state index in [4.69, 9.17) is 18.5 Å². The van der Waals surface area contributed by atoms with Gasteiger partial charge in [-0.1, -0.05) is 120 Å². The molecule has 306 valence electrons. The number of ether oxygens (including phenoxy) is 2. The van der Waals surface area contributed by atoms with Gasteiger partial charge in [-0.2, -0.15) is 0 Å². The lowest BCUT2D eigenvalue weighted by Gasteiger charge is -2.24. The second-order valence-electron chi connectivity index (χ2n) is 14.6. The van der Waals surface area contributed by atoms with Crippen LogP contribution in [0.1, 0.15) is 149 Å². The minimum absolute atomic E-state index is 0.0197. The lowest BCUT2D eigenvalue weighted by atomic mass is 10.1. The average Bonchev–Trinajstić information content (AvgIpc) is 3.10. The number of likely N-dealkylation sites (N-methyl/N-ethyl adjacent to an activating group) is 1. The van der Waals surface area contributed by atoms with E-state index in [9.17, 15) is 19.0 Å². The quantitative estimate of drug-likeness (QED) is 0.0221. The number of hydrogen-bond acceptors (Lipinski definition) is 7. The predicted molar refractivity (Wildman–Crippen MR) is 219 cm³/mol. The van der Waals surface area contributed by atoms with E-state index in [0.717, 1.165) is 77.0 Å². The third-order valence-corrected chi connectivity index (χ3v) is 9.27. The molecule has 0 radical (unpaired) electrons. The summed E-state index contributed by atoms with van der Waals surface area (Å²) in [6.07, 6.45) is 41.3. The van der Waals surface area contributed by atoms with Crippen LogP contribution in [-0.2, 0) is 32.7 Å². The zero-order chi connectivity index (χ0) is 39.3. The fourth-order valence-electron chi connectivity index (χ4n) is 5.06. The molecule has 0 aliphatic rings. The van der Waals surface area contributed by atoms with Gasteiger partial charge in [-0.05, 0) is 77.0 Å². The number of carbonyl (C=O) groups is 2. The van der Waals surface area contributed by atoms with Crippen molar-refractivity contribution in [3.63, 3.8) is 0 Å². The maximum Gasteiger partial charge on any atom is 0.472 e. The van der Waals surface area contributed by atoms with Crippen LogP contribution in [0.3, 0.4) is 0 Å². The van der Waals surface area contributed by atoms with Crippen molar-refractivity contribution in [3.05, 3.63) is 60.8 Å². The van der Waals surface area contributed by atoms with Crippen molar-refractivity contribution >= 4 is 19.8 Å². The number of hydrogen-bond donors (Lipinski definition) is 1.